The van der Waals surface area contributed by atoms with Crippen LogP contribution in [0.5, 0.6) is 0 Å². The lowest BCUT2D eigenvalue weighted by molar-refractivity contribution is -0.142. The minimum atomic E-state index is -1.21. The first-order valence-electron chi connectivity index (χ1n) is 16.9. The lowest BCUT2D eigenvalue weighted by atomic mass is 9.92. The first kappa shape index (κ1) is 45.4. The van der Waals surface area contributed by atoms with Gasteiger partial charge in [-0.3, -0.25) is 19.2 Å². The van der Waals surface area contributed by atoms with Gasteiger partial charge < -0.3 is 55.8 Å². The van der Waals surface area contributed by atoms with Crippen LogP contribution in [-0.2, 0) is 54.1 Å². The second kappa shape index (κ2) is 29.0. The van der Waals surface area contributed by atoms with Crippen molar-refractivity contribution in [2.45, 2.75) is 63.5 Å². The van der Waals surface area contributed by atoms with Gasteiger partial charge in [0.2, 0.25) is 23.6 Å². The molecule has 0 fully saturated rings. The topological polar surface area (TPSA) is 234 Å². The molecule has 0 saturated heterocycles. The van der Waals surface area contributed by atoms with Gasteiger partial charge in [0.05, 0.1) is 51.4 Å². The average molecular weight is 740 g/mol. The first-order chi connectivity index (χ1) is 24.5. The number of carbonyl (C=O) groups excluding carboxylic acids is 5. The highest BCUT2D eigenvalue weighted by molar-refractivity contribution is 6.59. The van der Waals surface area contributed by atoms with E-state index in [-0.39, 0.29) is 103 Å². The number of unbranched alkanes of at least 4 members (excludes halogenated alkanes) is 1. The molecule has 284 valence electrons. The summed E-state index contributed by atoms with van der Waals surface area (Å²) in [7, 11) is 5.09. The molecule has 0 aliphatic heterocycles. The van der Waals surface area contributed by atoms with Crippen LogP contribution in [0, 0.1) is 0 Å². The van der Waals surface area contributed by atoms with Crippen molar-refractivity contribution in [2.75, 3.05) is 72.5 Å². The SMILES string of the molecule is [B]C(=O)[C@@H](N)CCCCNC(=O)COCCOCCNC(=O)COCCOCCNC(=O)CC[C@H](NC(=O)CCCc1ccc(Cl)cc1)C(=O)O. The predicted octanol–water partition coefficient (Wildman–Crippen LogP) is -0.380. The van der Waals surface area contributed by atoms with Gasteiger partial charge in [-0.2, -0.15) is 0 Å². The Bertz CT molecular complexity index is 1200. The van der Waals surface area contributed by atoms with Crippen LogP contribution in [0.4, 0.5) is 0 Å². The number of carbonyl (C=O) groups is 6. The number of aryl methyl sites for hydroxylation is 1. The van der Waals surface area contributed by atoms with E-state index in [0.29, 0.717) is 43.7 Å². The van der Waals surface area contributed by atoms with Gasteiger partial charge in [-0.15, -0.1) is 0 Å². The van der Waals surface area contributed by atoms with Crippen molar-refractivity contribution in [1.29, 1.82) is 0 Å². The summed E-state index contributed by atoms with van der Waals surface area (Å²) in [4.78, 5) is 70.2. The Morgan fingerprint density at radius 2 is 1.24 bits per heavy atom. The molecule has 0 spiro atoms. The molecule has 4 amide bonds. The van der Waals surface area contributed by atoms with Gasteiger partial charge in [0.15, 0.2) is 7.85 Å². The molecule has 2 atom stereocenters. The molecule has 0 heterocycles. The predicted molar refractivity (Wildman–Crippen MR) is 188 cm³/mol. The number of rotatable bonds is 31. The molecule has 51 heavy (non-hydrogen) atoms. The van der Waals surface area contributed by atoms with Gasteiger partial charge in [0.1, 0.15) is 19.3 Å². The molecule has 18 heteroatoms. The summed E-state index contributed by atoms with van der Waals surface area (Å²) in [6.45, 7) is 1.88. The fourth-order valence-electron chi connectivity index (χ4n) is 4.25. The zero-order valence-corrected chi connectivity index (χ0v) is 29.7. The maximum Gasteiger partial charge on any atom is 0.326 e. The van der Waals surface area contributed by atoms with E-state index in [9.17, 15) is 33.9 Å². The summed E-state index contributed by atoms with van der Waals surface area (Å²) in [5.74, 6) is -2.57. The Morgan fingerprint density at radius 3 is 1.80 bits per heavy atom. The van der Waals surface area contributed by atoms with Crippen LogP contribution >= 0.6 is 11.6 Å². The third-order valence-corrected chi connectivity index (χ3v) is 7.30. The van der Waals surface area contributed by atoms with Crippen molar-refractivity contribution >= 4 is 54.7 Å². The summed E-state index contributed by atoms with van der Waals surface area (Å²) < 4.78 is 21.2. The molecular weight excluding hydrogens is 689 g/mol. The van der Waals surface area contributed by atoms with Crippen LogP contribution < -0.4 is 27.0 Å². The minimum Gasteiger partial charge on any atom is -0.480 e. The third-order valence-electron chi connectivity index (χ3n) is 7.05. The van der Waals surface area contributed by atoms with Crippen LogP contribution in [-0.4, -0.2) is 133 Å². The number of carboxylic acids is 1. The number of hydrogen-bond acceptors (Lipinski definition) is 11. The second-order valence-corrected chi connectivity index (χ2v) is 11.8. The molecule has 0 aliphatic carbocycles. The van der Waals surface area contributed by atoms with Gasteiger partial charge >= 0.3 is 5.97 Å². The standard InChI is InChI=1S/C33H51BClN5O11/c34-32(45)26(36)5-1-2-13-37-30(43)22-50-20-19-49-17-15-39-31(44)23-51-21-18-48-16-14-38-28(41)12-11-27(33(46)47)40-29(42)6-3-4-24-7-9-25(35)10-8-24/h7-10,26-27H,1-6,11-23,36H2,(H,37,43)(H,38,41)(H,39,44)(H,40,42)(H,46,47)/t26-,27-/m0/s1. The number of amides is 4. The van der Waals surface area contributed by atoms with Gasteiger partial charge in [0.25, 0.3) is 0 Å². The van der Waals surface area contributed by atoms with E-state index in [1.165, 1.54) is 0 Å². The van der Waals surface area contributed by atoms with Crippen molar-refractivity contribution in [1.82, 2.24) is 21.3 Å². The summed E-state index contributed by atoms with van der Waals surface area (Å²) in [6.07, 6.45) is 3.01. The molecule has 0 aromatic heterocycles. The first-order valence-corrected chi connectivity index (χ1v) is 17.3. The Labute approximate surface area is 304 Å². The van der Waals surface area contributed by atoms with E-state index >= 15 is 0 Å². The fourth-order valence-corrected chi connectivity index (χ4v) is 4.37. The van der Waals surface area contributed by atoms with Crippen molar-refractivity contribution in [3.63, 3.8) is 0 Å². The van der Waals surface area contributed by atoms with Gasteiger partial charge in [-0.05, 0) is 56.2 Å². The highest BCUT2D eigenvalue weighted by Gasteiger charge is 2.21. The molecule has 16 nitrogen and oxygen atoms in total. The molecule has 1 aromatic carbocycles. The van der Waals surface area contributed by atoms with E-state index in [1.54, 1.807) is 12.1 Å². The van der Waals surface area contributed by atoms with Gasteiger partial charge in [-0.25, -0.2) is 4.79 Å². The number of nitrogens with two attached hydrogens (primary N) is 1. The molecule has 0 saturated carbocycles. The van der Waals surface area contributed by atoms with Crippen LogP contribution in [0.2, 0.25) is 5.02 Å². The molecule has 0 bridgehead atoms. The second-order valence-electron chi connectivity index (χ2n) is 11.4. The van der Waals surface area contributed by atoms with Crippen LogP contribution in [0.3, 0.4) is 0 Å². The number of nitrogens with one attached hydrogen (secondary N) is 4. The minimum absolute atomic E-state index is 0.0529. The zero-order chi connectivity index (χ0) is 37.7. The van der Waals surface area contributed by atoms with E-state index in [2.05, 4.69) is 21.3 Å². The third kappa shape index (κ3) is 25.9. The average Bonchev–Trinajstić information content (AvgIpc) is 3.09. The van der Waals surface area contributed by atoms with Gasteiger partial charge in [-0.1, -0.05) is 23.7 Å². The normalized spacial score (nSPS) is 12.0. The largest absolute Gasteiger partial charge is 0.480 e. The molecule has 7 N–H and O–H groups in total. The highest BCUT2D eigenvalue weighted by Crippen LogP contribution is 2.12. The summed E-state index contributed by atoms with van der Waals surface area (Å²) in [5.41, 5.74) is 6.01. The zero-order valence-electron chi connectivity index (χ0n) is 29.0. The highest BCUT2D eigenvalue weighted by atomic mass is 35.5. The summed E-state index contributed by atoms with van der Waals surface area (Å²) in [5, 5.41) is 20.5. The Balaban J connectivity index is 1.94. The maximum atomic E-state index is 12.2. The molecular formula is C33H51BClN5O11. The molecule has 1 rings (SSSR count). The number of benzene rings is 1. The summed E-state index contributed by atoms with van der Waals surface area (Å²) in [6, 6.07) is 5.43. The van der Waals surface area contributed by atoms with E-state index in [0.717, 1.165) is 5.56 Å². The number of hydrogen-bond donors (Lipinski definition) is 6. The van der Waals surface area contributed by atoms with E-state index in [4.69, 9.17) is 44.1 Å². The Kier molecular flexibility index (Phi) is 25.8. The van der Waals surface area contributed by atoms with Crippen LogP contribution in [0.25, 0.3) is 0 Å². The van der Waals surface area contributed by atoms with E-state index in [1.807, 2.05) is 12.1 Å². The van der Waals surface area contributed by atoms with Crippen molar-refractivity contribution < 1.29 is 52.8 Å². The molecule has 0 aliphatic rings. The molecule has 2 radical (unpaired) electrons. The number of carboxylic acid groups (broad SMARTS) is 1. The quantitative estimate of drug-likeness (QED) is 0.0423. The fraction of sp³-hybridized carbons (Fsp3) is 0.636. The van der Waals surface area contributed by atoms with Crippen LogP contribution in [0.15, 0.2) is 24.3 Å². The number of halogens is 1. The van der Waals surface area contributed by atoms with E-state index < -0.39 is 29.6 Å². The Morgan fingerprint density at radius 1 is 0.686 bits per heavy atom. The van der Waals surface area contributed by atoms with Crippen molar-refractivity contribution in [2.24, 2.45) is 5.73 Å². The number of aliphatic carboxylic acids is 1. The molecule has 1 aromatic rings. The van der Waals surface area contributed by atoms with Crippen molar-refractivity contribution in [3.8, 4) is 0 Å². The lowest BCUT2D eigenvalue weighted by Gasteiger charge is -2.14. The number of ether oxygens (including phenoxy) is 4. The monoisotopic (exact) mass is 739 g/mol. The van der Waals surface area contributed by atoms with Gasteiger partial charge in [0, 0.05) is 37.5 Å². The van der Waals surface area contributed by atoms with Crippen LogP contribution in [0.1, 0.15) is 50.5 Å². The maximum absolute atomic E-state index is 12.2. The Hall–Kier alpha value is -3.61. The summed E-state index contributed by atoms with van der Waals surface area (Å²) >= 11 is 5.86. The molecule has 0 unspecified atom stereocenters. The smallest absolute Gasteiger partial charge is 0.326 e. The van der Waals surface area contributed by atoms with Crippen molar-refractivity contribution in [3.05, 3.63) is 34.9 Å². The lowest BCUT2D eigenvalue weighted by Crippen LogP contribution is -2.41.